The van der Waals surface area contributed by atoms with Crippen molar-refractivity contribution in [3.05, 3.63) is 29.8 Å². The van der Waals surface area contributed by atoms with Gasteiger partial charge in [0.05, 0.1) is 12.5 Å². The number of amides is 1. The number of carbonyl (C=O) groups excluding carboxylic acids is 1. The second kappa shape index (κ2) is 7.70. The van der Waals surface area contributed by atoms with Gasteiger partial charge in [-0.15, -0.1) is 11.8 Å². The maximum Gasteiger partial charge on any atom is 0.227 e. The first kappa shape index (κ1) is 15.4. The second-order valence-electron chi connectivity index (χ2n) is 5.34. The first-order valence-corrected chi connectivity index (χ1v) is 8.17. The number of ether oxygens (including phenoxy) is 1. The van der Waals surface area contributed by atoms with Crippen LogP contribution in [0.5, 0.6) is 0 Å². The summed E-state index contributed by atoms with van der Waals surface area (Å²) in [6.45, 7) is 4.25. The van der Waals surface area contributed by atoms with E-state index in [-0.39, 0.29) is 11.8 Å². The van der Waals surface area contributed by atoms with Crippen LogP contribution in [0.4, 0.5) is 0 Å². The molecule has 0 bridgehead atoms. The summed E-state index contributed by atoms with van der Waals surface area (Å²) < 4.78 is 5.27. The topological polar surface area (TPSA) is 29.5 Å². The van der Waals surface area contributed by atoms with E-state index in [9.17, 15) is 4.79 Å². The van der Waals surface area contributed by atoms with E-state index >= 15 is 0 Å². The van der Waals surface area contributed by atoms with E-state index in [1.807, 2.05) is 23.7 Å². The Balaban J connectivity index is 1.65. The van der Waals surface area contributed by atoms with Gasteiger partial charge in [-0.1, -0.05) is 17.7 Å². The molecule has 0 radical (unpaired) electrons. The summed E-state index contributed by atoms with van der Waals surface area (Å²) in [6, 6.07) is 8.59. The quantitative estimate of drug-likeness (QED) is 0.596. The van der Waals surface area contributed by atoms with Crippen molar-refractivity contribution in [2.75, 3.05) is 32.6 Å². The highest BCUT2D eigenvalue weighted by Crippen LogP contribution is 2.19. The summed E-state index contributed by atoms with van der Waals surface area (Å²) in [6.07, 6.45) is 1.90. The van der Waals surface area contributed by atoms with Gasteiger partial charge in [0.2, 0.25) is 5.91 Å². The first-order valence-electron chi connectivity index (χ1n) is 7.19. The number of nitrogens with zero attached hydrogens (tertiary/aromatic N) is 1. The maximum absolute atomic E-state index is 12.1. The highest BCUT2D eigenvalue weighted by Gasteiger charge is 2.25. The zero-order chi connectivity index (χ0) is 14.4. The van der Waals surface area contributed by atoms with Crippen LogP contribution >= 0.6 is 11.8 Å². The Morgan fingerprint density at radius 2 is 2.15 bits per heavy atom. The van der Waals surface area contributed by atoms with E-state index in [1.54, 1.807) is 0 Å². The van der Waals surface area contributed by atoms with Crippen LogP contribution in [0.1, 0.15) is 18.4 Å². The van der Waals surface area contributed by atoms with Gasteiger partial charge < -0.3 is 9.64 Å². The Hall–Kier alpha value is -1.00. The predicted octanol–water partition coefficient (Wildman–Crippen LogP) is 2.97. The standard InChI is InChI=1S/C16H23NO2S/c1-13-4-6-15(7-5-13)20-11-3-9-17(2)16(18)14-8-10-19-12-14/h4-7,14H,3,8-12H2,1-2H3. The monoisotopic (exact) mass is 293 g/mol. The van der Waals surface area contributed by atoms with Crippen LogP contribution in [0.25, 0.3) is 0 Å². The fourth-order valence-electron chi connectivity index (χ4n) is 2.28. The summed E-state index contributed by atoms with van der Waals surface area (Å²) in [7, 11) is 1.90. The van der Waals surface area contributed by atoms with Gasteiger partial charge in [-0.2, -0.15) is 0 Å². The van der Waals surface area contributed by atoms with Gasteiger partial charge in [-0.05, 0) is 37.7 Å². The molecular formula is C16H23NO2S. The molecule has 1 aromatic carbocycles. The molecule has 0 saturated carbocycles. The van der Waals surface area contributed by atoms with Crippen LogP contribution in [-0.4, -0.2) is 43.4 Å². The Morgan fingerprint density at radius 3 is 2.80 bits per heavy atom. The van der Waals surface area contributed by atoms with E-state index in [0.717, 1.165) is 31.7 Å². The van der Waals surface area contributed by atoms with Crippen molar-refractivity contribution in [1.82, 2.24) is 4.90 Å². The van der Waals surface area contributed by atoms with Gasteiger partial charge in [0, 0.05) is 25.1 Å². The molecule has 1 aromatic rings. The molecule has 1 saturated heterocycles. The maximum atomic E-state index is 12.1. The molecule has 0 N–H and O–H groups in total. The number of thioether (sulfide) groups is 1. The molecule has 20 heavy (non-hydrogen) atoms. The average Bonchev–Trinajstić information content (AvgIpc) is 2.98. The van der Waals surface area contributed by atoms with Crippen molar-refractivity contribution in [2.45, 2.75) is 24.7 Å². The minimum absolute atomic E-state index is 0.0877. The average molecular weight is 293 g/mol. The molecule has 1 aliphatic rings. The second-order valence-corrected chi connectivity index (χ2v) is 6.50. The zero-order valence-electron chi connectivity index (χ0n) is 12.3. The fraction of sp³-hybridized carbons (Fsp3) is 0.562. The molecule has 1 fully saturated rings. The van der Waals surface area contributed by atoms with E-state index in [4.69, 9.17) is 4.74 Å². The normalized spacial score (nSPS) is 18.2. The van der Waals surface area contributed by atoms with Crippen LogP contribution in [0.3, 0.4) is 0 Å². The van der Waals surface area contributed by atoms with Gasteiger partial charge in [0.15, 0.2) is 0 Å². The highest BCUT2D eigenvalue weighted by atomic mass is 32.2. The summed E-state index contributed by atoms with van der Waals surface area (Å²) in [5.74, 6) is 1.37. The van der Waals surface area contributed by atoms with Crippen LogP contribution in [0, 0.1) is 12.8 Å². The predicted molar refractivity (Wildman–Crippen MR) is 83.1 cm³/mol. The molecule has 0 spiro atoms. The largest absolute Gasteiger partial charge is 0.381 e. The number of carbonyl (C=O) groups is 1. The molecule has 1 unspecified atom stereocenters. The van der Waals surface area contributed by atoms with Gasteiger partial charge in [-0.3, -0.25) is 4.79 Å². The van der Waals surface area contributed by atoms with E-state index in [0.29, 0.717) is 6.61 Å². The van der Waals surface area contributed by atoms with Gasteiger partial charge in [-0.25, -0.2) is 0 Å². The molecule has 0 aliphatic carbocycles. The molecule has 1 atom stereocenters. The molecule has 4 heteroatoms. The van der Waals surface area contributed by atoms with E-state index < -0.39 is 0 Å². The van der Waals surface area contributed by atoms with Crippen molar-refractivity contribution in [1.29, 1.82) is 0 Å². The van der Waals surface area contributed by atoms with Crippen LogP contribution < -0.4 is 0 Å². The minimum Gasteiger partial charge on any atom is -0.381 e. The third-order valence-corrected chi connectivity index (χ3v) is 4.68. The van der Waals surface area contributed by atoms with Crippen molar-refractivity contribution >= 4 is 17.7 Å². The summed E-state index contributed by atoms with van der Waals surface area (Å²) >= 11 is 1.85. The summed E-state index contributed by atoms with van der Waals surface area (Å²) in [5.41, 5.74) is 1.29. The van der Waals surface area contributed by atoms with Crippen LogP contribution in [-0.2, 0) is 9.53 Å². The molecule has 110 valence electrons. The first-order chi connectivity index (χ1) is 9.66. The molecule has 2 rings (SSSR count). The Bertz CT molecular complexity index is 427. The molecule has 1 amide bonds. The number of benzene rings is 1. The lowest BCUT2D eigenvalue weighted by atomic mass is 10.1. The highest BCUT2D eigenvalue weighted by molar-refractivity contribution is 7.99. The summed E-state index contributed by atoms with van der Waals surface area (Å²) in [5, 5.41) is 0. The van der Waals surface area contributed by atoms with E-state index in [1.165, 1.54) is 10.5 Å². The van der Waals surface area contributed by atoms with Gasteiger partial charge in [0.25, 0.3) is 0 Å². The lowest BCUT2D eigenvalue weighted by Gasteiger charge is -2.20. The minimum atomic E-state index is 0.0877. The smallest absolute Gasteiger partial charge is 0.227 e. The third kappa shape index (κ3) is 4.53. The van der Waals surface area contributed by atoms with Crippen molar-refractivity contribution in [3.63, 3.8) is 0 Å². The summed E-state index contributed by atoms with van der Waals surface area (Å²) in [4.78, 5) is 15.2. The van der Waals surface area contributed by atoms with Gasteiger partial charge >= 0.3 is 0 Å². The van der Waals surface area contributed by atoms with Crippen LogP contribution in [0.15, 0.2) is 29.2 Å². The number of hydrogen-bond donors (Lipinski definition) is 0. The zero-order valence-corrected chi connectivity index (χ0v) is 13.1. The van der Waals surface area contributed by atoms with E-state index in [2.05, 4.69) is 31.2 Å². The Labute approximate surface area is 125 Å². The fourth-order valence-corrected chi connectivity index (χ4v) is 3.12. The van der Waals surface area contributed by atoms with Crippen LogP contribution in [0.2, 0.25) is 0 Å². The molecule has 1 heterocycles. The lowest BCUT2D eigenvalue weighted by molar-refractivity contribution is -0.134. The lowest BCUT2D eigenvalue weighted by Crippen LogP contribution is -2.34. The molecule has 0 aromatic heterocycles. The Morgan fingerprint density at radius 1 is 1.40 bits per heavy atom. The van der Waals surface area contributed by atoms with Crippen molar-refractivity contribution < 1.29 is 9.53 Å². The third-order valence-electron chi connectivity index (χ3n) is 3.58. The number of aryl methyl sites for hydroxylation is 1. The number of hydrogen-bond acceptors (Lipinski definition) is 3. The Kier molecular flexibility index (Phi) is 5.92. The molecule has 1 aliphatic heterocycles. The molecule has 3 nitrogen and oxygen atoms in total. The number of rotatable bonds is 6. The molecular weight excluding hydrogens is 270 g/mol. The van der Waals surface area contributed by atoms with Gasteiger partial charge in [0.1, 0.15) is 0 Å². The van der Waals surface area contributed by atoms with Crippen molar-refractivity contribution in [3.8, 4) is 0 Å². The SMILES string of the molecule is Cc1ccc(SCCCN(C)C(=O)C2CCOC2)cc1. The van der Waals surface area contributed by atoms with Crippen molar-refractivity contribution in [2.24, 2.45) is 5.92 Å².